The van der Waals surface area contributed by atoms with Gasteiger partial charge in [-0.25, -0.2) is 0 Å². The maximum Gasteiger partial charge on any atom is 0.233 e. The van der Waals surface area contributed by atoms with Crippen molar-refractivity contribution in [2.45, 2.75) is 119 Å². The maximum atomic E-state index is 14.6. The second-order valence-corrected chi connectivity index (χ2v) is 16.8. The molecule has 0 saturated heterocycles. The number of hydrogen-bond donors (Lipinski definition) is 1. The molecular weight excluding hydrogens is 518 g/mol. The number of aliphatic hydroxyl groups is 1. The van der Waals surface area contributed by atoms with E-state index in [1.807, 2.05) is 30.1 Å². The predicted molar refractivity (Wildman–Crippen MR) is 168 cm³/mol. The molecule has 42 heavy (non-hydrogen) atoms. The Morgan fingerprint density at radius 2 is 1.60 bits per heavy atom. The molecule has 0 aromatic heterocycles. The fourth-order valence-corrected chi connectivity index (χ4v) is 12.2. The normalized spacial score (nSPS) is 42.5. The van der Waals surface area contributed by atoms with Crippen LogP contribution in [0.5, 0.6) is 0 Å². The van der Waals surface area contributed by atoms with E-state index in [2.05, 4.69) is 60.6 Å². The van der Waals surface area contributed by atoms with E-state index in [1.54, 1.807) is 0 Å². The summed E-state index contributed by atoms with van der Waals surface area (Å²) in [5.41, 5.74) is 3.01. The van der Waals surface area contributed by atoms with Crippen molar-refractivity contribution in [1.29, 1.82) is 0 Å². The molecule has 230 valence electrons. The fourth-order valence-electron chi connectivity index (χ4n) is 12.2. The van der Waals surface area contributed by atoms with Crippen LogP contribution < -0.4 is 0 Å². The molecule has 6 rings (SSSR count). The number of carbonyl (C=O) groups excluding carboxylic acids is 2. The zero-order valence-electron chi connectivity index (χ0n) is 27.6. The van der Waals surface area contributed by atoms with Crippen LogP contribution in [0, 0.1) is 50.7 Å². The lowest BCUT2D eigenvalue weighted by Gasteiger charge is -2.72. The van der Waals surface area contributed by atoms with E-state index < -0.39 is 5.41 Å². The summed E-state index contributed by atoms with van der Waals surface area (Å²) < 4.78 is 0. The summed E-state index contributed by atoms with van der Waals surface area (Å²) in [7, 11) is 1.94. The number of carbonyl (C=O) groups is 2. The third-order valence-electron chi connectivity index (χ3n) is 14.4. The molecule has 4 heteroatoms. The first kappa shape index (κ1) is 30.1. The molecule has 0 radical (unpaired) electrons. The second kappa shape index (κ2) is 9.78. The summed E-state index contributed by atoms with van der Waals surface area (Å²) in [5, 5.41) is 11.0. The molecule has 1 aromatic rings. The van der Waals surface area contributed by atoms with Crippen molar-refractivity contribution >= 4 is 11.7 Å². The van der Waals surface area contributed by atoms with Gasteiger partial charge in [0.05, 0.1) is 11.5 Å². The van der Waals surface area contributed by atoms with E-state index in [9.17, 15) is 14.7 Å². The molecular formula is C38H55NO3. The number of Topliss-reactive ketones (excluding diaryl/α,β-unsaturated/α-hetero) is 1. The highest BCUT2D eigenvalue weighted by Gasteiger charge is 2.70. The Kier molecular flexibility index (Phi) is 7.01. The number of hydrogen-bond acceptors (Lipinski definition) is 3. The van der Waals surface area contributed by atoms with Crippen LogP contribution in [-0.2, 0) is 16.1 Å². The molecule has 0 unspecified atom stereocenters. The van der Waals surface area contributed by atoms with Crippen molar-refractivity contribution in [3.05, 3.63) is 47.0 Å². The van der Waals surface area contributed by atoms with Crippen LogP contribution in [0.25, 0.3) is 0 Å². The van der Waals surface area contributed by atoms with E-state index in [4.69, 9.17) is 0 Å². The first-order chi connectivity index (χ1) is 19.6. The Bertz CT molecular complexity index is 1300. The molecule has 5 aliphatic carbocycles. The van der Waals surface area contributed by atoms with Crippen molar-refractivity contribution < 1.29 is 14.7 Å². The molecule has 8 atom stereocenters. The van der Waals surface area contributed by atoms with Gasteiger partial charge in [0.15, 0.2) is 5.78 Å². The van der Waals surface area contributed by atoms with Crippen LogP contribution in [-0.4, -0.2) is 34.8 Å². The SMILES string of the molecule is CC(C)C1=C2[C@H]3CC[C@@H]4[C@@]5(C)CC[C@H](O)C(C)(C)[C@@H]5CC[C@@]4(C)[C@]3(C)CC[C@@]2(C(=O)N(C)Cc2ccccc2)CC1=O. The van der Waals surface area contributed by atoms with E-state index >= 15 is 0 Å². The predicted octanol–water partition coefficient (Wildman–Crippen LogP) is 7.99. The number of benzene rings is 1. The molecule has 0 spiro atoms. The summed E-state index contributed by atoms with van der Waals surface area (Å²) in [6.07, 6.45) is 8.48. The van der Waals surface area contributed by atoms with Crippen molar-refractivity contribution in [2.75, 3.05) is 7.05 Å². The average molecular weight is 574 g/mol. The van der Waals surface area contributed by atoms with Crippen molar-refractivity contribution in [2.24, 2.45) is 50.7 Å². The molecule has 0 heterocycles. The van der Waals surface area contributed by atoms with Crippen molar-refractivity contribution in [3.8, 4) is 0 Å². The number of aliphatic hydroxyl groups excluding tert-OH is 1. The van der Waals surface area contributed by atoms with Crippen LogP contribution >= 0.6 is 0 Å². The number of allylic oxidation sites excluding steroid dienone is 1. The van der Waals surface area contributed by atoms with Gasteiger partial charge >= 0.3 is 0 Å². The van der Waals surface area contributed by atoms with Gasteiger partial charge in [0.2, 0.25) is 5.91 Å². The molecule has 0 aliphatic heterocycles. The van der Waals surface area contributed by atoms with Gasteiger partial charge < -0.3 is 10.0 Å². The minimum atomic E-state index is -0.689. The summed E-state index contributed by atoms with van der Waals surface area (Å²) >= 11 is 0. The van der Waals surface area contributed by atoms with Crippen molar-refractivity contribution in [1.82, 2.24) is 4.90 Å². The summed E-state index contributed by atoms with van der Waals surface area (Å²) in [4.78, 5) is 30.4. The topological polar surface area (TPSA) is 57.6 Å². The van der Waals surface area contributed by atoms with Crippen LogP contribution in [0.4, 0.5) is 0 Å². The van der Waals surface area contributed by atoms with Gasteiger partial charge in [0.1, 0.15) is 0 Å². The number of amides is 1. The molecule has 4 nitrogen and oxygen atoms in total. The Labute approximate surface area is 254 Å². The van der Waals surface area contributed by atoms with Gasteiger partial charge in [-0.3, -0.25) is 9.59 Å². The largest absolute Gasteiger partial charge is 0.393 e. The van der Waals surface area contributed by atoms with Crippen LogP contribution in [0.3, 0.4) is 0 Å². The second-order valence-electron chi connectivity index (χ2n) is 16.8. The van der Waals surface area contributed by atoms with Crippen LogP contribution in [0.1, 0.15) is 112 Å². The number of nitrogens with zero attached hydrogens (tertiary/aromatic N) is 1. The summed E-state index contributed by atoms with van der Waals surface area (Å²) in [6.45, 7) is 17.2. The molecule has 1 amide bonds. The van der Waals surface area contributed by atoms with Crippen molar-refractivity contribution in [3.63, 3.8) is 0 Å². The highest BCUT2D eigenvalue weighted by molar-refractivity contribution is 6.06. The van der Waals surface area contributed by atoms with Gasteiger partial charge in [-0.05, 0) is 113 Å². The van der Waals surface area contributed by atoms with Gasteiger partial charge in [-0.15, -0.1) is 0 Å². The smallest absolute Gasteiger partial charge is 0.233 e. The van der Waals surface area contributed by atoms with Gasteiger partial charge in [0.25, 0.3) is 0 Å². The molecule has 4 saturated carbocycles. The molecule has 1 aromatic carbocycles. The Hall–Kier alpha value is -1.94. The third kappa shape index (κ3) is 3.88. The first-order valence-corrected chi connectivity index (χ1v) is 16.9. The minimum Gasteiger partial charge on any atom is -0.393 e. The lowest BCUT2D eigenvalue weighted by Crippen LogP contribution is -2.66. The quantitative estimate of drug-likeness (QED) is 0.397. The maximum absolute atomic E-state index is 14.6. The third-order valence-corrected chi connectivity index (χ3v) is 14.4. The molecule has 1 N–H and O–H groups in total. The molecule has 0 bridgehead atoms. The Morgan fingerprint density at radius 3 is 2.26 bits per heavy atom. The monoisotopic (exact) mass is 573 g/mol. The zero-order chi connectivity index (χ0) is 30.5. The number of fused-ring (bicyclic) bond motifs is 7. The summed E-state index contributed by atoms with van der Waals surface area (Å²) in [6, 6.07) is 10.2. The average Bonchev–Trinajstić information content (AvgIpc) is 3.24. The van der Waals surface area contributed by atoms with Gasteiger partial charge in [-0.1, -0.05) is 78.8 Å². The van der Waals surface area contributed by atoms with E-state index in [-0.39, 0.29) is 51.3 Å². The summed E-state index contributed by atoms with van der Waals surface area (Å²) in [5.74, 6) is 1.90. The Balaban J connectivity index is 1.40. The first-order valence-electron chi connectivity index (χ1n) is 16.9. The zero-order valence-corrected chi connectivity index (χ0v) is 27.6. The van der Waals surface area contributed by atoms with E-state index in [1.165, 1.54) is 12.0 Å². The molecule has 4 fully saturated rings. The van der Waals surface area contributed by atoms with E-state index in [0.29, 0.717) is 24.8 Å². The van der Waals surface area contributed by atoms with Crippen LogP contribution in [0.15, 0.2) is 41.5 Å². The van der Waals surface area contributed by atoms with Gasteiger partial charge in [0, 0.05) is 20.0 Å². The Morgan fingerprint density at radius 1 is 0.905 bits per heavy atom. The van der Waals surface area contributed by atoms with E-state index in [0.717, 1.165) is 56.1 Å². The standard InChI is InChI=1S/C38H55NO3/c1-24(2)31-27(40)22-38(33(42)39(8)23-25-12-10-9-11-13-25)21-20-36(6)26(32(31)38)14-15-29-35(5)18-17-30(41)34(3,4)28(35)16-19-37(29,36)7/h9-13,24,26,28-30,41H,14-23H2,1-8H3/t26-,28+,29-,30+,35+,36-,37-,38-/m1/s1. The highest BCUT2D eigenvalue weighted by Crippen LogP contribution is 2.76. The lowest BCUT2D eigenvalue weighted by molar-refractivity contribution is -0.228. The fraction of sp³-hybridized carbons (Fsp3) is 0.737. The van der Waals surface area contributed by atoms with Crippen LogP contribution in [0.2, 0.25) is 0 Å². The molecule has 5 aliphatic rings. The number of ketones is 1. The highest BCUT2D eigenvalue weighted by atomic mass is 16.3. The lowest BCUT2D eigenvalue weighted by atomic mass is 9.33. The minimum absolute atomic E-state index is 0.0476. The van der Waals surface area contributed by atoms with Gasteiger partial charge in [-0.2, -0.15) is 0 Å². The number of rotatable bonds is 4.